The van der Waals surface area contributed by atoms with Gasteiger partial charge in [-0.15, -0.1) is 24.0 Å². The fraction of sp³-hybridized carbons (Fsp3) is 0.636. The van der Waals surface area contributed by atoms with Gasteiger partial charge in [0, 0.05) is 71.9 Å². The van der Waals surface area contributed by atoms with Crippen LogP contribution in [0.5, 0.6) is 0 Å². The van der Waals surface area contributed by atoms with Crippen molar-refractivity contribution in [2.24, 2.45) is 4.99 Å². The normalized spacial score (nSPS) is 20.7. The molecule has 30 heavy (non-hydrogen) atoms. The van der Waals surface area contributed by atoms with Crippen LogP contribution in [0.15, 0.2) is 29.3 Å². The van der Waals surface area contributed by atoms with E-state index in [9.17, 15) is 4.79 Å². The topological polar surface area (TPSA) is 63.2 Å². The molecule has 7 nitrogen and oxygen atoms in total. The van der Waals surface area contributed by atoms with E-state index < -0.39 is 0 Å². The van der Waals surface area contributed by atoms with Crippen LogP contribution in [0.4, 0.5) is 0 Å². The summed E-state index contributed by atoms with van der Waals surface area (Å²) in [6.45, 7) is 9.86. The summed E-state index contributed by atoms with van der Waals surface area (Å²) in [5, 5.41) is 6.84. The monoisotopic (exact) mass is 528 g/mol. The number of carbonyl (C=O) groups excluding carboxylic acids is 1. The lowest BCUT2D eigenvalue weighted by Crippen LogP contribution is -2.44. The van der Waals surface area contributed by atoms with Gasteiger partial charge in [0.2, 0.25) is 5.91 Å². The zero-order valence-electron chi connectivity index (χ0n) is 18.6. The van der Waals surface area contributed by atoms with Crippen molar-refractivity contribution in [3.8, 4) is 0 Å². The third kappa shape index (κ3) is 7.39. The molecular formula is C22H37IN6O. The van der Waals surface area contributed by atoms with Crippen molar-refractivity contribution in [1.82, 2.24) is 25.3 Å². The van der Waals surface area contributed by atoms with Crippen molar-refractivity contribution in [2.45, 2.75) is 38.9 Å². The number of hydrogen-bond acceptors (Lipinski definition) is 4. The van der Waals surface area contributed by atoms with E-state index >= 15 is 0 Å². The molecule has 2 heterocycles. The van der Waals surface area contributed by atoms with Crippen molar-refractivity contribution in [2.75, 3.05) is 53.4 Å². The van der Waals surface area contributed by atoms with Gasteiger partial charge in [0.15, 0.2) is 5.96 Å². The number of hydrogen-bond donors (Lipinski definition) is 2. The third-order valence-electron chi connectivity index (χ3n) is 5.89. The fourth-order valence-electron chi connectivity index (χ4n) is 3.93. The van der Waals surface area contributed by atoms with Gasteiger partial charge in [0.05, 0.1) is 0 Å². The molecule has 3 rings (SSSR count). The molecule has 2 aliphatic heterocycles. The standard InChI is InChI=1S/C22H36N6O.HI/c1-4-21(29)28-10-9-20(17-28)25-22(23-2)24-15-18-5-7-19(8-6-18)16-27-13-11-26(3)12-14-27;/h5-8,20H,4,9-17H2,1-3H3,(H2,23,24,25);1H. The summed E-state index contributed by atoms with van der Waals surface area (Å²) in [6, 6.07) is 9.13. The SMILES string of the molecule is CCC(=O)N1CCC(NC(=NC)NCc2ccc(CN3CCN(C)CC3)cc2)C1.I. The molecule has 1 unspecified atom stereocenters. The molecule has 0 aliphatic carbocycles. The zero-order chi connectivity index (χ0) is 20.6. The fourth-order valence-corrected chi connectivity index (χ4v) is 3.93. The Bertz CT molecular complexity index is 687. The maximum absolute atomic E-state index is 11.8. The molecule has 168 valence electrons. The Morgan fingerprint density at radius 3 is 2.40 bits per heavy atom. The molecule has 2 saturated heterocycles. The Morgan fingerprint density at radius 2 is 1.77 bits per heavy atom. The summed E-state index contributed by atoms with van der Waals surface area (Å²) in [5.41, 5.74) is 2.61. The van der Waals surface area contributed by atoms with Crippen LogP contribution in [0.25, 0.3) is 0 Å². The highest BCUT2D eigenvalue weighted by molar-refractivity contribution is 14.0. The van der Waals surface area contributed by atoms with Crippen LogP contribution in [0.2, 0.25) is 0 Å². The van der Waals surface area contributed by atoms with E-state index in [2.05, 4.69) is 56.7 Å². The van der Waals surface area contributed by atoms with Crippen LogP contribution < -0.4 is 10.6 Å². The van der Waals surface area contributed by atoms with Crippen molar-refractivity contribution >= 4 is 35.8 Å². The number of nitrogens with one attached hydrogen (secondary N) is 2. The van der Waals surface area contributed by atoms with Gasteiger partial charge in [-0.05, 0) is 24.6 Å². The number of guanidine groups is 1. The van der Waals surface area contributed by atoms with Gasteiger partial charge in [0.25, 0.3) is 0 Å². The van der Waals surface area contributed by atoms with Gasteiger partial charge in [0.1, 0.15) is 0 Å². The second-order valence-corrected chi connectivity index (χ2v) is 8.14. The lowest BCUT2D eigenvalue weighted by molar-refractivity contribution is -0.129. The van der Waals surface area contributed by atoms with Crippen molar-refractivity contribution < 1.29 is 4.79 Å². The van der Waals surface area contributed by atoms with Crippen molar-refractivity contribution in [1.29, 1.82) is 0 Å². The van der Waals surface area contributed by atoms with Crippen LogP contribution in [-0.4, -0.2) is 86.0 Å². The molecule has 1 amide bonds. The summed E-state index contributed by atoms with van der Waals surface area (Å²) >= 11 is 0. The third-order valence-corrected chi connectivity index (χ3v) is 5.89. The first-order valence-corrected chi connectivity index (χ1v) is 10.8. The Hall–Kier alpha value is -1.39. The number of piperazine rings is 1. The van der Waals surface area contributed by atoms with Gasteiger partial charge < -0.3 is 20.4 Å². The molecule has 1 atom stereocenters. The molecule has 8 heteroatoms. The van der Waals surface area contributed by atoms with E-state index in [4.69, 9.17) is 0 Å². The molecule has 2 fully saturated rings. The van der Waals surface area contributed by atoms with Gasteiger partial charge in [-0.25, -0.2) is 0 Å². The van der Waals surface area contributed by atoms with E-state index in [-0.39, 0.29) is 35.9 Å². The molecule has 0 aromatic heterocycles. The smallest absolute Gasteiger partial charge is 0.222 e. The molecule has 1 aromatic carbocycles. The number of rotatable bonds is 6. The van der Waals surface area contributed by atoms with E-state index in [1.165, 1.54) is 11.1 Å². The number of likely N-dealkylation sites (tertiary alicyclic amines) is 1. The number of halogens is 1. The average molecular weight is 528 g/mol. The van der Waals surface area contributed by atoms with Gasteiger partial charge in [-0.2, -0.15) is 0 Å². The first-order chi connectivity index (χ1) is 14.1. The van der Waals surface area contributed by atoms with E-state index in [1.807, 2.05) is 11.8 Å². The summed E-state index contributed by atoms with van der Waals surface area (Å²) < 4.78 is 0. The van der Waals surface area contributed by atoms with E-state index in [1.54, 1.807) is 7.05 Å². The Balaban J connectivity index is 0.00000320. The first-order valence-electron chi connectivity index (χ1n) is 10.8. The number of aliphatic imine (C=N–C) groups is 1. The highest BCUT2D eigenvalue weighted by Gasteiger charge is 2.25. The zero-order valence-corrected chi connectivity index (χ0v) is 20.9. The Morgan fingerprint density at radius 1 is 1.10 bits per heavy atom. The van der Waals surface area contributed by atoms with E-state index in [0.29, 0.717) is 6.42 Å². The number of benzene rings is 1. The van der Waals surface area contributed by atoms with Crippen LogP contribution in [0.1, 0.15) is 30.9 Å². The molecule has 0 saturated carbocycles. The molecule has 0 spiro atoms. The van der Waals surface area contributed by atoms with Gasteiger partial charge in [-0.1, -0.05) is 31.2 Å². The van der Waals surface area contributed by atoms with Crippen LogP contribution in [-0.2, 0) is 17.9 Å². The summed E-state index contributed by atoms with van der Waals surface area (Å²) in [6.07, 6.45) is 1.54. The predicted octanol–water partition coefficient (Wildman–Crippen LogP) is 1.73. The summed E-state index contributed by atoms with van der Waals surface area (Å²) in [5.74, 6) is 1.02. The maximum Gasteiger partial charge on any atom is 0.222 e. The molecule has 2 aliphatic rings. The molecule has 0 bridgehead atoms. The van der Waals surface area contributed by atoms with Gasteiger partial charge in [-0.3, -0.25) is 14.7 Å². The number of nitrogens with zero attached hydrogens (tertiary/aromatic N) is 4. The minimum absolute atomic E-state index is 0. The maximum atomic E-state index is 11.8. The number of likely N-dealkylation sites (N-methyl/N-ethyl adjacent to an activating group) is 1. The largest absolute Gasteiger partial charge is 0.352 e. The second-order valence-electron chi connectivity index (χ2n) is 8.14. The van der Waals surface area contributed by atoms with Crippen molar-refractivity contribution in [3.05, 3.63) is 35.4 Å². The molecule has 1 aromatic rings. The quantitative estimate of drug-likeness (QED) is 0.335. The lowest BCUT2D eigenvalue weighted by Gasteiger charge is -2.32. The minimum Gasteiger partial charge on any atom is -0.352 e. The van der Waals surface area contributed by atoms with Gasteiger partial charge >= 0.3 is 0 Å². The van der Waals surface area contributed by atoms with Crippen LogP contribution >= 0.6 is 24.0 Å². The van der Waals surface area contributed by atoms with Crippen LogP contribution in [0.3, 0.4) is 0 Å². The second kappa shape index (κ2) is 12.5. The summed E-state index contributed by atoms with van der Waals surface area (Å²) in [7, 11) is 3.98. The highest BCUT2D eigenvalue weighted by Crippen LogP contribution is 2.11. The summed E-state index contributed by atoms with van der Waals surface area (Å²) in [4.78, 5) is 23.0. The number of carbonyl (C=O) groups is 1. The van der Waals surface area contributed by atoms with E-state index in [0.717, 1.165) is 64.7 Å². The van der Waals surface area contributed by atoms with Crippen molar-refractivity contribution in [3.63, 3.8) is 0 Å². The average Bonchev–Trinajstić information content (AvgIpc) is 3.22. The highest BCUT2D eigenvalue weighted by atomic mass is 127. The minimum atomic E-state index is 0. The first kappa shape index (κ1) is 24.9. The molecule has 0 radical (unpaired) electrons. The lowest BCUT2D eigenvalue weighted by atomic mass is 10.1. The number of amides is 1. The molecular weight excluding hydrogens is 491 g/mol. The Kier molecular flexibility index (Phi) is 10.3. The van der Waals surface area contributed by atoms with Crippen LogP contribution in [0, 0.1) is 0 Å². The Labute approximate surface area is 198 Å². The molecule has 2 N–H and O–H groups in total. The predicted molar refractivity (Wildman–Crippen MR) is 133 cm³/mol.